The van der Waals surface area contributed by atoms with Crippen LogP contribution in [-0.4, -0.2) is 8.42 Å². The van der Waals surface area contributed by atoms with E-state index in [1.807, 2.05) is 60.7 Å². The van der Waals surface area contributed by atoms with Crippen LogP contribution in [0.5, 0.6) is 5.75 Å². The topological polar surface area (TPSA) is 105 Å². The highest BCUT2D eigenvalue weighted by molar-refractivity contribution is 7.89. The monoisotopic (exact) mass is 393 g/mol. The van der Waals surface area contributed by atoms with E-state index >= 15 is 0 Å². The van der Waals surface area contributed by atoms with Crippen molar-refractivity contribution in [2.24, 2.45) is 5.14 Å². The molecule has 28 heavy (non-hydrogen) atoms. The summed E-state index contributed by atoms with van der Waals surface area (Å²) < 4.78 is 28.6. The second kappa shape index (κ2) is 8.57. The van der Waals surface area contributed by atoms with Gasteiger partial charge in [0.05, 0.1) is 16.1 Å². The highest BCUT2D eigenvalue weighted by Gasteiger charge is 2.11. The molecule has 3 aromatic rings. The lowest BCUT2D eigenvalue weighted by Crippen LogP contribution is -2.12. The van der Waals surface area contributed by atoms with Gasteiger partial charge in [0.2, 0.25) is 10.0 Å². The second-order valence-corrected chi connectivity index (χ2v) is 7.70. The number of hydrogen-bond donors (Lipinski definition) is 2. The van der Waals surface area contributed by atoms with Gasteiger partial charge in [-0.15, -0.1) is 0 Å². The summed E-state index contributed by atoms with van der Waals surface area (Å²) in [6.07, 6.45) is 0. The average Bonchev–Trinajstić information content (AvgIpc) is 2.71. The van der Waals surface area contributed by atoms with Crippen LogP contribution in [0.2, 0.25) is 0 Å². The zero-order valence-electron chi connectivity index (χ0n) is 15.0. The number of ether oxygens (including phenoxy) is 1. The van der Waals surface area contributed by atoms with Crippen LogP contribution in [0.1, 0.15) is 16.7 Å². The maximum Gasteiger partial charge on any atom is 0.238 e. The van der Waals surface area contributed by atoms with E-state index in [2.05, 4.69) is 5.32 Å². The number of nitrogens with one attached hydrogen (secondary N) is 1. The Hall–Kier alpha value is -3.34. The molecular formula is C21H19N3O3S. The number of anilines is 1. The Kier molecular flexibility index (Phi) is 5.94. The molecule has 0 aromatic heterocycles. The summed E-state index contributed by atoms with van der Waals surface area (Å²) in [7, 11) is -3.84. The molecule has 0 heterocycles. The molecule has 3 N–H and O–H groups in total. The van der Waals surface area contributed by atoms with Crippen molar-refractivity contribution < 1.29 is 13.2 Å². The van der Waals surface area contributed by atoms with Gasteiger partial charge in [-0.1, -0.05) is 42.5 Å². The van der Waals surface area contributed by atoms with Crippen LogP contribution < -0.4 is 15.2 Å². The van der Waals surface area contributed by atoms with Crippen LogP contribution in [0.25, 0.3) is 0 Å². The number of hydrogen-bond acceptors (Lipinski definition) is 5. The molecule has 0 spiro atoms. The van der Waals surface area contributed by atoms with E-state index in [9.17, 15) is 13.7 Å². The van der Waals surface area contributed by atoms with Crippen molar-refractivity contribution >= 4 is 15.7 Å². The number of nitrogens with two attached hydrogens (primary N) is 1. The quantitative estimate of drug-likeness (QED) is 0.640. The molecule has 0 bridgehead atoms. The Morgan fingerprint density at radius 3 is 2.32 bits per heavy atom. The van der Waals surface area contributed by atoms with Gasteiger partial charge in [0.25, 0.3) is 0 Å². The predicted octanol–water partition coefficient (Wildman–Crippen LogP) is 3.40. The van der Waals surface area contributed by atoms with Crippen molar-refractivity contribution in [3.8, 4) is 11.8 Å². The molecule has 0 saturated carbocycles. The molecular weight excluding hydrogens is 374 g/mol. The highest BCUT2D eigenvalue weighted by atomic mass is 32.2. The van der Waals surface area contributed by atoms with Crippen molar-refractivity contribution in [3.63, 3.8) is 0 Å². The van der Waals surface area contributed by atoms with E-state index in [1.54, 1.807) is 0 Å². The van der Waals surface area contributed by atoms with Crippen LogP contribution >= 0.6 is 0 Å². The molecule has 0 aliphatic rings. The van der Waals surface area contributed by atoms with Crippen LogP contribution in [-0.2, 0) is 23.2 Å². The van der Waals surface area contributed by atoms with Gasteiger partial charge >= 0.3 is 0 Å². The van der Waals surface area contributed by atoms with E-state index in [4.69, 9.17) is 9.88 Å². The standard InChI is InChI=1S/C21H19N3O3S/c22-13-18-12-20(28(23,25)26)10-11-21(18)24-14-16-6-8-19(9-7-16)27-15-17-4-2-1-3-5-17/h1-12,24H,14-15H2,(H2,23,25,26). The summed E-state index contributed by atoms with van der Waals surface area (Å²) in [4.78, 5) is -0.0884. The van der Waals surface area contributed by atoms with E-state index in [0.29, 0.717) is 18.8 Å². The van der Waals surface area contributed by atoms with Gasteiger partial charge in [-0.3, -0.25) is 0 Å². The fourth-order valence-electron chi connectivity index (χ4n) is 2.59. The van der Waals surface area contributed by atoms with Gasteiger partial charge < -0.3 is 10.1 Å². The fraction of sp³-hybridized carbons (Fsp3) is 0.0952. The molecule has 0 radical (unpaired) electrons. The first-order valence-electron chi connectivity index (χ1n) is 8.52. The summed E-state index contributed by atoms with van der Waals surface area (Å²) in [6.45, 7) is 0.975. The molecule has 0 aliphatic heterocycles. The van der Waals surface area contributed by atoms with Crippen molar-refractivity contribution in [3.05, 3.63) is 89.5 Å². The van der Waals surface area contributed by atoms with Gasteiger partial charge in [-0.25, -0.2) is 13.6 Å². The Labute approximate surface area is 164 Å². The summed E-state index contributed by atoms with van der Waals surface area (Å²) >= 11 is 0. The Morgan fingerprint density at radius 1 is 0.964 bits per heavy atom. The van der Waals surface area contributed by atoms with Gasteiger partial charge in [0, 0.05) is 6.54 Å². The normalized spacial score (nSPS) is 10.9. The van der Waals surface area contributed by atoms with E-state index in [1.165, 1.54) is 18.2 Å². The van der Waals surface area contributed by atoms with Crippen LogP contribution in [0.4, 0.5) is 5.69 Å². The Balaban J connectivity index is 1.61. The third-order valence-corrected chi connectivity index (χ3v) is 5.01. The van der Waals surface area contributed by atoms with Crippen molar-refractivity contribution in [1.29, 1.82) is 5.26 Å². The largest absolute Gasteiger partial charge is 0.489 e. The van der Waals surface area contributed by atoms with Crippen molar-refractivity contribution in [2.45, 2.75) is 18.0 Å². The highest BCUT2D eigenvalue weighted by Crippen LogP contribution is 2.21. The smallest absolute Gasteiger partial charge is 0.238 e. The SMILES string of the molecule is N#Cc1cc(S(N)(=O)=O)ccc1NCc1ccc(OCc2ccccc2)cc1. The van der Waals surface area contributed by atoms with Gasteiger partial charge in [0.1, 0.15) is 18.4 Å². The third-order valence-electron chi connectivity index (χ3n) is 4.09. The first-order valence-corrected chi connectivity index (χ1v) is 10.1. The average molecular weight is 393 g/mol. The molecule has 0 fully saturated rings. The lowest BCUT2D eigenvalue weighted by molar-refractivity contribution is 0.306. The van der Waals surface area contributed by atoms with Crippen molar-refractivity contribution in [1.82, 2.24) is 0 Å². The number of sulfonamides is 1. The van der Waals surface area contributed by atoms with E-state index < -0.39 is 10.0 Å². The minimum atomic E-state index is -3.84. The molecule has 0 saturated heterocycles. The van der Waals surface area contributed by atoms with Gasteiger partial charge in [-0.05, 0) is 41.5 Å². The van der Waals surface area contributed by atoms with Crippen LogP contribution in [0.3, 0.4) is 0 Å². The molecule has 0 amide bonds. The second-order valence-electron chi connectivity index (χ2n) is 6.14. The lowest BCUT2D eigenvalue weighted by atomic mass is 10.1. The maximum absolute atomic E-state index is 11.4. The Bertz CT molecular complexity index is 1090. The fourth-order valence-corrected chi connectivity index (χ4v) is 3.13. The van der Waals surface area contributed by atoms with E-state index in [0.717, 1.165) is 16.9 Å². The first-order chi connectivity index (χ1) is 13.5. The number of benzene rings is 3. The van der Waals surface area contributed by atoms with Gasteiger partial charge in [0.15, 0.2) is 0 Å². The lowest BCUT2D eigenvalue weighted by Gasteiger charge is -2.11. The molecule has 7 heteroatoms. The summed E-state index contributed by atoms with van der Waals surface area (Å²) in [5.74, 6) is 0.767. The zero-order chi connectivity index (χ0) is 20.0. The molecule has 0 unspecified atom stereocenters. The predicted molar refractivity (Wildman–Crippen MR) is 107 cm³/mol. The minimum Gasteiger partial charge on any atom is -0.489 e. The Morgan fingerprint density at radius 2 is 1.68 bits per heavy atom. The van der Waals surface area contributed by atoms with Crippen LogP contribution in [0, 0.1) is 11.3 Å². The molecule has 0 aliphatic carbocycles. The van der Waals surface area contributed by atoms with Gasteiger partial charge in [-0.2, -0.15) is 5.26 Å². The minimum absolute atomic E-state index is 0.0884. The maximum atomic E-state index is 11.4. The molecule has 3 aromatic carbocycles. The summed E-state index contributed by atoms with van der Waals surface area (Å²) in [5.41, 5.74) is 2.85. The zero-order valence-corrected chi connectivity index (χ0v) is 15.8. The van der Waals surface area contributed by atoms with Crippen molar-refractivity contribution in [2.75, 3.05) is 5.32 Å². The van der Waals surface area contributed by atoms with Crippen LogP contribution in [0.15, 0.2) is 77.7 Å². The van der Waals surface area contributed by atoms with E-state index in [-0.39, 0.29) is 10.5 Å². The summed E-state index contributed by atoms with van der Waals surface area (Å²) in [5, 5.41) is 17.5. The summed E-state index contributed by atoms with van der Waals surface area (Å²) in [6, 6.07) is 23.7. The molecule has 3 rings (SSSR count). The third kappa shape index (κ3) is 5.10. The number of nitrogens with zero attached hydrogens (tertiary/aromatic N) is 1. The first kappa shape index (κ1) is 19.4. The molecule has 142 valence electrons. The number of primary sulfonamides is 1. The molecule has 6 nitrogen and oxygen atoms in total. The molecule has 0 atom stereocenters. The number of rotatable bonds is 7. The number of nitriles is 1.